The molecule has 0 unspecified atom stereocenters. The number of hydrogen-bond donors (Lipinski definition) is 0. The van der Waals surface area contributed by atoms with Gasteiger partial charge >= 0.3 is 0 Å². The molecule has 1 aromatic carbocycles. The molecule has 4 heteroatoms. The molecule has 0 spiro atoms. The first-order valence-corrected chi connectivity index (χ1v) is 6.30. The normalized spacial score (nSPS) is 17.1. The van der Waals surface area contributed by atoms with Crippen LogP contribution in [0.2, 0.25) is 0 Å². The van der Waals surface area contributed by atoms with Gasteiger partial charge in [0.25, 0.3) is 0 Å². The lowest BCUT2D eigenvalue weighted by Crippen LogP contribution is -2.01. The number of nitrogens with zero attached hydrogens (tertiary/aromatic N) is 2. The fourth-order valence-electron chi connectivity index (χ4n) is 1.21. The van der Waals surface area contributed by atoms with Crippen molar-refractivity contribution in [1.82, 2.24) is 3.71 Å². The van der Waals surface area contributed by atoms with Crippen molar-refractivity contribution in [3.05, 3.63) is 35.9 Å². The predicted molar refractivity (Wildman–Crippen MR) is 65.4 cm³/mol. The molecule has 0 atom stereocenters. The average Bonchev–Trinajstić information content (AvgIpc) is 2.68. The Labute approximate surface area is 93.1 Å². The van der Waals surface area contributed by atoms with Crippen LogP contribution in [-0.2, 0) is 0 Å². The van der Waals surface area contributed by atoms with Gasteiger partial charge in [-0.3, -0.25) is 4.99 Å². The second-order valence-corrected chi connectivity index (χ2v) is 5.33. The molecule has 2 rings (SSSR count). The maximum absolute atomic E-state index is 4.49. The molecule has 0 aromatic heterocycles. The topological polar surface area (TPSA) is 15.6 Å². The summed E-state index contributed by atoms with van der Waals surface area (Å²) in [5, 5.41) is 1.13. The molecule has 0 saturated heterocycles. The molecule has 0 aliphatic carbocycles. The van der Waals surface area contributed by atoms with Crippen LogP contribution in [0.1, 0.15) is 12.5 Å². The molecule has 1 aliphatic rings. The molecule has 1 aromatic rings. The maximum atomic E-state index is 4.49. The van der Waals surface area contributed by atoms with Crippen LogP contribution in [0.5, 0.6) is 0 Å². The van der Waals surface area contributed by atoms with Crippen LogP contribution in [0.3, 0.4) is 0 Å². The zero-order valence-electron chi connectivity index (χ0n) is 8.01. The minimum absolute atomic E-state index is 0.799. The summed E-state index contributed by atoms with van der Waals surface area (Å²) in [6, 6.07) is 10.3. The number of aliphatic imine (C=N–C) groups is 1. The van der Waals surface area contributed by atoms with Gasteiger partial charge in [0, 0.05) is 11.3 Å². The van der Waals surface area contributed by atoms with Crippen molar-refractivity contribution in [2.45, 2.75) is 6.92 Å². The van der Waals surface area contributed by atoms with Crippen LogP contribution < -0.4 is 0 Å². The Morgan fingerprint density at radius 3 is 2.93 bits per heavy atom. The van der Waals surface area contributed by atoms with Gasteiger partial charge in [0.15, 0.2) is 0 Å². The van der Waals surface area contributed by atoms with Gasteiger partial charge in [0.2, 0.25) is 0 Å². The van der Waals surface area contributed by atoms with E-state index < -0.39 is 0 Å². The average molecular weight is 224 g/mol. The van der Waals surface area contributed by atoms with Gasteiger partial charge in [-0.05, 0) is 11.9 Å². The Balaban J connectivity index is 2.02. The van der Waals surface area contributed by atoms with Crippen LogP contribution in [0.15, 0.2) is 35.3 Å². The lowest BCUT2D eigenvalue weighted by atomic mass is 10.2. The summed E-state index contributed by atoms with van der Waals surface area (Å²) in [5.41, 5.74) is 1.22. The molecule has 74 valence electrons. The van der Waals surface area contributed by atoms with Gasteiger partial charge < -0.3 is 0 Å². The highest BCUT2D eigenvalue weighted by molar-refractivity contribution is 8.21. The summed E-state index contributed by atoms with van der Waals surface area (Å²) in [6.07, 6.45) is 0. The molecule has 1 heterocycles. The van der Waals surface area contributed by atoms with Crippen molar-refractivity contribution < 1.29 is 0 Å². The third-order valence-corrected chi connectivity index (χ3v) is 3.87. The summed E-state index contributed by atoms with van der Waals surface area (Å²) in [5.74, 6) is 1.10. The van der Waals surface area contributed by atoms with Crippen molar-refractivity contribution >= 4 is 28.9 Å². The molecule has 0 fully saturated rings. The van der Waals surface area contributed by atoms with Crippen LogP contribution >= 0.6 is 23.9 Å². The van der Waals surface area contributed by atoms with Gasteiger partial charge in [-0.25, -0.2) is 0 Å². The van der Waals surface area contributed by atoms with Crippen LogP contribution in [-0.4, -0.2) is 21.2 Å². The Bertz CT molecular complexity index is 324. The summed E-state index contributed by atoms with van der Waals surface area (Å²) >= 11 is 3.55. The first-order valence-electron chi connectivity index (χ1n) is 4.58. The molecule has 0 radical (unpaired) electrons. The summed E-state index contributed by atoms with van der Waals surface area (Å²) in [4.78, 5) is 4.49. The fourth-order valence-corrected chi connectivity index (χ4v) is 3.04. The quantitative estimate of drug-likeness (QED) is 0.734. The predicted octanol–water partition coefficient (Wildman–Crippen LogP) is 3.02. The number of rotatable bonds is 3. The van der Waals surface area contributed by atoms with Gasteiger partial charge in [0.1, 0.15) is 11.7 Å². The lowest BCUT2D eigenvalue weighted by molar-refractivity contribution is 0.785. The van der Waals surface area contributed by atoms with Crippen molar-refractivity contribution in [3.8, 4) is 0 Å². The molecule has 14 heavy (non-hydrogen) atoms. The Morgan fingerprint density at radius 1 is 1.43 bits per heavy atom. The van der Waals surface area contributed by atoms with Crippen LogP contribution in [0.25, 0.3) is 0 Å². The number of hydrogen-bond acceptors (Lipinski definition) is 4. The standard InChI is InChI=1S/C10H12N2S2/c1-2-13-12-8-11-10(14-12)9-6-4-3-5-7-9/h3-7H,2,8H2,1H3. The van der Waals surface area contributed by atoms with E-state index in [0.29, 0.717) is 0 Å². The third kappa shape index (κ3) is 2.32. The zero-order valence-corrected chi connectivity index (χ0v) is 9.64. The smallest absolute Gasteiger partial charge is 0.115 e. The maximum Gasteiger partial charge on any atom is 0.115 e. The summed E-state index contributed by atoms with van der Waals surface area (Å²) < 4.78 is 2.21. The second-order valence-electron chi connectivity index (χ2n) is 2.81. The largest absolute Gasteiger partial charge is 0.259 e. The van der Waals surface area contributed by atoms with Gasteiger partial charge in [-0.2, -0.15) is 3.71 Å². The number of benzene rings is 1. The summed E-state index contributed by atoms with van der Waals surface area (Å²) in [6.45, 7) is 2.96. The minimum atomic E-state index is 0.799. The van der Waals surface area contributed by atoms with Crippen molar-refractivity contribution in [2.24, 2.45) is 4.99 Å². The molecular formula is C10H12N2S2. The van der Waals surface area contributed by atoms with E-state index in [-0.39, 0.29) is 0 Å². The first kappa shape index (κ1) is 10.1. The summed E-state index contributed by atoms with van der Waals surface area (Å²) in [7, 11) is 0. The Kier molecular flexibility index (Phi) is 3.50. The van der Waals surface area contributed by atoms with E-state index in [4.69, 9.17) is 0 Å². The van der Waals surface area contributed by atoms with E-state index in [0.717, 1.165) is 17.5 Å². The van der Waals surface area contributed by atoms with Gasteiger partial charge in [0.05, 0.1) is 0 Å². The van der Waals surface area contributed by atoms with E-state index in [1.807, 2.05) is 30.1 Å². The molecule has 0 bridgehead atoms. The molecule has 1 aliphatic heterocycles. The monoisotopic (exact) mass is 224 g/mol. The van der Waals surface area contributed by atoms with E-state index in [2.05, 4.69) is 27.8 Å². The highest BCUT2D eigenvalue weighted by atomic mass is 32.2. The highest BCUT2D eigenvalue weighted by Gasteiger charge is 2.17. The Hall–Kier alpha value is -0.450. The van der Waals surface area contributed by atoms with Crippen LogP contribution in [0, 0.1) is 0 Å². The van der Waals surface area contributed by atoms with Crippen LogP contribution in [0.4, 0.5) is 0 Å². The fraction of sp³-hybridized carbons (Fsp3) is 0.300. The molecule has 0 amide bonds. The lowest BCUT2D eigenvalue weighted by Gasteiger charge is -2.08. The van der Waals surface area contributed by atoms with Gasteiger partial charge in [-0.1, -0.05) is 49.2 Å². The third-order valence-electron chi connectivity index (χ3n) is 1.81. The van der Waals surface area contributed by atoms with E-state index in [1.54, 1.807) is 11.9 Å². The van der Waals surface area contributed by atoms with Crippen molar-refractivity contribution in [1.29, 1.82) is 0 Å². The molecule has 0 saturated carbocycles. The van der Waals surface area contributed by atoms with E-state index >= 15 is 0 Å². The zero-order chi connectivity index (χ0) is 9.80. The van der Waals surface area contributed by atoms with Gasteiger partial charge in [-0.15, -0.1) is 0 Å². The van der Waals surface area contributed by atoms with E-state index in [1.165, 1.54) is 5.56 Å². The molecular weight excluding hydrogens is 212 g/mol. The minimum Gasteiger partial charge on any atom is -0.259 e. The van der Waals surface area contributed by atoms with Crippen molar-refractivity contribution in [3.63, 3.8) is 0 Å². The highest BCUT2D eigenvalue weighted by Crippen LogP contribution is 2.30. The second kappa shape index (κ2) is 4.87. The Morgan fingerprint density at radius 2 is 2.21 bits per heavy atom. The molecule has 0 N–H and O–H groups in total. The SMILES string of the molecule is CCSN1CN=C(c2ccccc2)S1. The molecule has 2 nitrogen and oxygen atoms in total. The van der Waals surface area contributed by atoms with Crippen molar-refractivity contribution in [2.75, 3.05) is 12.4 Å². The van der Waals surface area contributed by atoms with E-state index in [9.17, 15) is 0 Å². The first-order chi connectivity index (χ1) is 6.90.